The Balaban J connectivity index is 2.94. The maximum Gasteiger partial charge on any atom is 0.239 e. The minimum absolute atomic E-state index is 0.0549. The maximum absolute atomic E-state index is 11.8. The van der Waals surface area contributed by atoms with Gasteiger partial charge < -0.3 is 15.3 Å². The highest BCUT2D eigenvalue weighted by atomic mass is 35.5. The van der Waals surface area contributed by atoms with Gasteiger partial charge in [-0.1, -0.05) is 23.7 Å². The first-order valence-corrected chi connectivity index (χ1v) is 6.79. The Kier molecular flexibility index (Phi) is 6.12. The van der Waals surface area contributed by atoms with Crippen LogP contribution >= 0.6 is 11.6 Å². The zero-order valence-corrected chi connectivity index (χ0v) is 12.4. The number of hydrogen-bond acceptors (Lipinski definition) is 3. The lowest BCUT2D eigenvalue weighted by Crippen LogP contribution is -2.40. The van der Waals surface area contributed by atoms with Crippen molar-refractivity contribution in [2.24, 2.45) is 0 Å². The second kappa shape index (κ2) is 7.36. The van der Waals surface area contributed by atoms with Gasteiger partial charge in [0.25, 0.3) is 0 Å². The molecule has 1 rings (SSSR count). The third kappa shape index (κ3) is 4.40. The number of nitrogens with zero attached hydrogens (tertiary/aromatic N) is 1. The van der Waals surface area contributed by atoms with E-state index in [-0.39, 0.29) is 25.1 Å². The summed E-state index contributed by atoms with van der Waals surface area (Å²) in [4.78, 5) is 13.7. The Morgan fingerprint density at radius 2 is 2.16 bits per heavy atom. The summed E-state index contributed by atoms with van der Waals surface area (Å²) in [5.41, 5.74) is 1.46. The lowest BCUT2D eigenvalue weighted by Gasteiger charge is -2.26. The highest BCUT2D eigenvalue weighted by Crippen LogP contribution is 2.29. The molecule has 1 amide bonds. The van der Waals surface area contributed by atoms with Crippen molar-refractivity contribution in [2.75, 3.05) is 18.0 Å². The summed E-state index contributed by atoms with van der Waals surface area (Å²) in [5, 5.41) is 12.8. The molecule has 0 aliphatic rings. The lowest BCUT2D eigenvalue weighted by atomic mass is 10.1. The predicted octanol–water partition coefficient (Wildman–Crippen LogP) is 2.18. The smallest absolute Gasteiger partial charge is 0.239 e. The molecule has 0 heterocycles. The highest BCUT2D eigenvalue weighted by molar-refractivity contribution is 6.33. The Morgan fingerprint density at radius 1 is 1.47 bits per heavy atom. The fourth-order valence-electron chi connectivity index (χ4n) is 1.93. The molecule has 0 spiro atoms. The van der Waals surface area contributed by atoms with Gasteiger partial charge in [0, 0.05) is 18.2 Å². The number of halogens is 1. The normalized spacial score (nSPS) is 10.6. The van der Waals surface area contributed by atoms with E-state index in [4.69, 9.17) is 11.6 Å². The zero-order valence-electron chi connectivity index (χ0n) is 11.6. The third-order valence-electron chi connectivity index (χ3n) is 2.72. The van der Waals surface area contributed by atoms with Gasteiger partial charge in [-0.05, 0) is 26.8 Å². The molecule has 0 fully saturated rings. The van der Waals surface area contributed by atoms with Crippen LogP contribution in [0.1, 0.15) is 26.3 Å². The number of carbonyl (C=O) groups is 1. The number of para-hydroxylation sites is 1. The van der Waals surface area contributed by atoms with Gasteiger partial charge in [-0.15, -0.1) is 0 Å². The van der Waals surface area contributed by atoms with E-state index in [9.17, 15) is 9.90 Å². The Hall–Kier alpha value is -1.26. The molecular formula is C14H21ClN2O2. The predicted molar refractivity (Wildman–Crippen MR) is 78.5 cm³/mol. The number of aliphatic hydroxyl groups excluding tert-OH is 1. The number of carbonyl (C=O) groups excluding carboxylic acids is 1. The minimum atomic E-state index is -0.0990. The average Bonchev–Trinajstić information content (AvgIpc) is 2.35. The van der Waals surface area contributed by atoms with Crippen molar-refractivity contribution in [1.82, 2.24) is 5.32 Å². The van der Waals surface area contributed by atoms with Crippen LogP contribution in [0.3, 0.4) is 0 Å². The monoisotopic (exact) mass is 284 g/mol. The molecule has 106 valence electrons. The van der Waals surface area contributed by atoms with Crippen molar-refractivity contribution >= 4 is 23.2 Å². The molecule has 1 aromatic rings. The molecule has 0 aliphatic heterocycles. The average molecular weight is 285 g/mol. The molecule has 0 saturated heterocycles. The van der Waals surface area contributed by atoms with Gasteiger partial charge in [0.1, 0.15) is 0 Å². The number of anilines is 1. The van der Waals surface area contributed by atoms with Gasteiger partial charge in [-0.3, -0.25) is 4.79 Å². The summed E-state index contributed by atoms with van der Waals surface area (Å²) in [5.74, 6) is -0.0549. The Bertz CT molecular complexity index is 435. The van der Waals surface area contributed by atoms with E-state index in [1.165, 1.54) is 0 Å². The molecule has 4 nitrogen and oxygen atoms in total. The SMILES string of the molecule is CCN(CC(=O)NC(C)C)c1c(Cl)cccc1CO. The molecular weight excluding hydrogens is 264 g/mol. The molecule has 0 unspecified atom stereocenters. The van der Waals surface area contributed by atoms with Crippen LogP contribution in [0.25, 0.3) is 0 Å². The van der Waals surface area contributed by atoms with Crippen LogP contribution in [0.5, 0.6) is 0 Å². The molecule has 0 aliphatic carbocycles. The lowest BCUT2D eigenvalue weighted by molar-refractivity contribution is -0.120. The summed E-state index contributed by atoms with van der Waals surface area (Å²) >= 11 is 6.19. The van der Waals surface area contributed by atoms with Crippen molar-refractivity contribution in [3.63, 3.8) is 0 Å². The van der Waals surface area contributed by atoms with E-state index in [1.807, 2.05) is 31.7 Å². The largest absolute Gasteiger partial charge is 0.392 e. The van der Waals surface area contributed by atoms with Gasteiger partial charge in [0.2, 0.25) is 5.91 Å². The Labute approximate surface area is 119 Å². The van der Waals surface area contributed by atoms with Crippen molar-refractivity contribution in [3.8, 4) is 0 Å². The minimum Gasteiger partial charge on any atom is -0.392 e. The quantitative estimate of drug-likeness (QED) is 0.842. The van der Waals surface area contributed by atoms with E-state index in [0.29, 0.717) is 11.6 Å². The number of benzene rings is 1. The van der Waals surface area contributed by atoms with E-state index in [2.05, 4.69) is 5.32 Å². The molecule has 0 bridgehead atoms. The number of nitrogens with one attached hydrogen (secondary N) is 1. The number of hydrogen-bond donors (Lipinski definition) is 2. The highest BCUT2D eigenvalue weighted by Gasteiger charge is 2.16. The Morgan fingerprint density at radius 3 is 2.68 bits per heavy atom. The second-order valence-electron chi connectivity index (χ2n) is 4.64. The van der Waals surface area contributed by atoms with Crippen LogP contribution in [0.15, 0.2) is 18.2 Å². The number of likely N-dealkylation sites (N-methyl/N-ethyl adjacent to an activating group) is 1. The van der Waals surface area contributed by atoms with E-state index >= 15 is 0 Å². The topological polar surface area (TPSA) is 52.6 Å². The fourth-order valence-corrected chi connectivity index (χ4v) is 2.25. The first kappa shape index (κ1) is 15.8. The van der Waals surface area contributed by atoms with Crippen molar-refractivity contribution in [2.45, 2.75) is 33.4 Å². The zero-order chi connectivity index (χ0) is 14.4. The van der Waals surface area contributed by atoms with E-state index in [1.54, 1.807) is 12.1 Å². The fraction of sp³-hybridized carbons (Fsp3) is 0.500. The van der Waals surface area contributed by atoms with Crippen LogP contribution < -0.4 is 10.2 Å². The number of amides is 1. The summed E-state index contributed by atoms with van der Waals surface area (Å²) in [6.45, 7) is 6.56. The second-order valence-corrected chi connectivity index (χ2v) is 5.05. The van der Waals surface area contributed by atoms with Gasteiger partial charge in [0.05, 0.1) is 23.9 Å². The number of rotatable bonds is 6. The summed E-state index contributed by atoms with van der Waals surface area (Å²) in [6, 6.07) is 5.47. The molecule has 0 radical (unpaired) electrons. The molecule has 2 N–H and O–H groups in total. The van der Waals surface area contributed by atoms with Crippen LogP contribution in [-0.2, 0) is 11.4 Å². The van der Waals surface area contributed by atoms with Crippen LogP contribution in [0.2, 0.25) is 5.02 Å². The molecule has 1 aromatic carbocycles. The van der Waals surface area contributed by atoms with Gasteiger partial charge in [-0.25, -0.2) is 0 Å². The van der Waals surface area contributed by atoms with Crippen LogP contribution in [-0.4, -0.2) is 30.1 Å². The summed E-state index contributed by atoms with van der Waals surface area (Å²) in [7, 11) is 0. The standard InChI is InChI=1S/C14H21ClN2O2/c1-4-17(8-13(19)16-10(2)3)14-11(9-18)6-5-7-12(14)15/h5-7,10,18H,4,8-9H2,1-3H3,(H,16,19). The third-order valence-corrected chi connectivity index (χ3v) is 3.03. The van der Waals surface area contributed by atoms with Crippen LogP contribution in [0.4, 0.5) is 5.69 Å². The summed E-state index contributed by atoms with van der Waals surface area (Å²) in [6.07, 6.45) is 0. The maximum atomic E-state index is 11.8. The van der Waals surface area contributed by atoms with Crippen molar-refractivity contribution in [1.29, 1.82) is 0 Å². The molecule has 19 heavy (non-hydrogen) atoms. The number of aliphatic hydroxyl groups is 1. The van der Waals surface area contributed by atoms with Crippen LogP contribution in [0, 0.1) is 0 Å². The first-order valence-electron chi connectivity index (χ1n) is 6.42. The van der Waals surface area contributed by atoms with E-state index < -0.39 is 0 Å². The van der Waals surface area contributed by atoms with Gasteiger partial charge >= 0.3 is 0 Å². The van der Waals surface area contributed by atoms with Crippen molar-refractivity contribution in [3.05, 3.63) is 28.8 Å². The molecule has 0 atom stereocenters. The molecule has 0 saturated carbocycles. The van der Waals surface area contributed by atoms with Gasteiger partial charge in [0.15, 0.2) is 0 Å². The summed E-state index contributed by atoms with van der Waals surface area (Å²) < 4.78 is 0. The molecule has 5 heteroatoms. The van der Waals surface area contributed by atoms with E-state index in [0.717, 1.165) is 11.3 Å². The van der Waals surface area contributed by atoms with Crippen molar-refractivity contribution < 1.29 is 9.90 Å². The molecule has 0 aromatic heterocycles. The first-order chi connectivity index (χ1) is 8.99. The van der Waals surface area contributed by atoms with Gasteiger partial charge in [-0.2, -0.15) is 0 Å².